The Morgan fingerprint density at radius 2 is 2.32 bits per heavy atom. The summed E-state index contributed by atoms with van der Waals surface area (Å²) in [7, 11) is 0. The maximum Gasteiger partial charge on any atom is 0.245 e. The monoisotopic (exact) mass is 258 g/mol. The number of aromatic nitrogens is 4. The number of hydrogen-bond donors (Lipinski definition) is 2. The van der Waals surface area contributed by atoms with Crippen LogP contribution >= 0.6 is 0 Å². The normalized spacial score (nSPS) is 23.6. The molecule has 2 aromatic rings. The molecule has 100 valence electrons. The highest BCUT2D eigenvalue weighted by Crippen LogP contribution is 2.21. The Hall–Kier alpha value is -1.95. The topological polar surface area (TPSA) is 83.7 Å². The number of piperidine rings is 1. The zero-order valence-corrected chi connectivity index (χ0v) is 11.0. The van der Waals surface area contributed by atoms with Crippen molar-refractivity contribution in [2.45, 2.75) is 19.4 Å². The largest absolute Gasteiger partial charge is 0.338 e. The number of nitrogens with two attached hydrogens (primary N) is 1. The quantitative estimate of drug-likeness (QED) is 0.841. The summed E-state index contributed by atoms with van der Waals surface area (Å²) in [6.45, 7) is 3.95. The van der Waals surface area contributed by atoms with E-state index in [-0.39, 0.29) is 6.04 Å². The van der Waals surface area contributed by atoms with E-state index in [0.29, 0.717) is 17.7 Å². The van der Waals surface area contributed by atoms with Crippen LogP contribution in [0.2, 0.25) is 0 Å². The predicted octanol–water partition coefficient (Wildman–Crippen LogP) is 1.04. The lowest BCUT2D eigenvalue weighted by molar-refractivity contribution is 0.376. The number of H-pyrrole nitrogens is 1. The van der Waals surface area contributed by atoms with Crippen LogP contribution < -0.4 is 10.6 Å². The van der Waals surface area contributed by atoms with Gasteiger partial charge in [-0.3, -0.25) is 10.1 Å². The molecule has 2 unspecified atom stereocenters. The Balaban J connectivity index is 1.79. The summed E-state index contributed by atoms with van der Waals surface area (Å²) < 4.78 is 0. The molecule has 0 bridgehead atoms. The molecule has 3 N–H and O–H groups in total. The van der Waals surface area contributed by atoms with E-state index < -0.39 is 0 Å². The van der Waals surface area contributed by atoms with Crippen LogP contribution in [0.4, 0.5) is 5.95 Å². The van der Waals surface area contributed by atoms with E-state index >= 15 is 0 Å². The Labute approximate surface area is 112 Å². The van der Waals surface area contributed by atoms with Crippen molar-refractivity contribution < 1.29 is 0 Å². The summed E-state index contributed by atoms with van der Waals surface area (Å²) in [6, 6.07) is 5.91. The van der Waals surface area contributed by atoms with Crippen molar-refractivity contribution >= 4 is 5.95 Å². The Bertz CT molecular complexity index is 537. The van der Waals surface area contributed by atoms with Gasteiger partial charge in [0, 0.05) is 25.3 Å². The van der Waals surface area contributed by atoms with Crippen molar-refractivity contribution in [3.05, 3.63) is 24.4 Å². The molecule has 19 heavy (non-hydrogen) atoms. The van der Waals surface area contributed by atoms with E-state index in [1.165, 1.54) is 0 Å². The molecule has 2 aromatic heterocycles. The molecule has 6 heteroatoms. The lowest BCUT2D eigenvalue weighted by atomic mass is 9.95. The Kier molecular flexibility index (Phi) is 3.16. The number of nitrogens with zero attached hydrogens (tertiary/aromatic N) is 4. The molecule has 0 spiro atoms. The highest BCUT2D eigenvalue weighted by Gasteiger charge is 2.25. The lowest BCUT2D eigenvalue weighted by Gasteiger charge is -2.34. The fourth-order valence-electron chi connectivity index (χ4n) is 2.29. The van der Waals surface area contributed by atoms with Crippen LogP contribution in [-0.2, 0) is 0 Å². The van der Waals surface area contributed by atoms with Crippen molar-refractivity contribution in [1.29, 1.82) is 0 Å². The smallest absolute Gasteiger partial charge is 0.245 e. The van der Waals surface area contributed by atoms with Gasteiger partial charge >= 0.3 is 0 Å². The molecule has 0 amide bonds. The van der Waals surface area contributed by atoms with Crippen LogP contribution in [0.25, 0.3) is 11.5 Å². The van der Waals surface area contributed by atoms with E-state index in [1.807, 2.05) is 18.2 Å². The molecular weight excluding hydrogens is 240 g/mol. The summed E-state index contributed by atoms with van der Waals surface area (Å²) in [5.74, 6) is 1.97. The maximum atomic E-state index is 6.10. The molecule has 0 aromatic carbocycles. The van der Waals surface area contributed by atoms with Crippen LogP contribution in [0.5, 0.6) is 0 Å². The second-order valence-electron chi connectivity index (χ2n) is 5.07. The van der Waals surface area contributed by atoms with Gasteiger partial charge in [0.2, 0.25) is 5.95 Å². The summed E-state index contributed by atoms with van der Waals surface area (Å²) in [4.78, 5) is 10.9. The van der Waals surface area contributed by atoms with Crippen molar-refractivity contribution in [3.8, 4) is 11.5 Å². The summed E-state index contributed by atoms with van der Waals surface area (Å²) in [6.07, 6.45) is 2.82. The highest BCUT2D eigenvalue weighted by atomic mass is 15.4. The summed E-state index contributed by atoms with van der Waals surface area (Å²) >= 11 is 0. The first-order valence-corrected chi connectivity index (χ1v) is 6.58. The van der Waals surface area contributed by atoms with Crippen molar-refractivity contribution in [1.82, 2.24) is 20.2 Å². The first kappa shape index (κ1) is 12.1. The van der Waals surface area contributed by atoms with Gasteiger partial charge in [-0.25, -0.2) is 0 Å². The number of rotatable bonds is 2. The minimum absolute atomic E-state index is 0.186. The Morgan fingerprint density at radius 1 is 1.42 bits per heavy atom. The zero-order chi connectivity index (χ0) is 13.2. The van der Waals surface area contributed by atoms with Gasteiger partial charge in [0.15, 0.2) is 5.82 Å². The van der Waals surface area contributed by atoms with Gasteiger partial charge in [0.1, 0.15) is 5.69 Å². The summed E-state index contributed by atoms with van der Waals surface area (Å²) in [5, 5.41) is 7.21. The fraction of sp³-hybridized carbons (Fsp3) is 0.462. The van der Waals surface area contributed by atoms with E-state index in [0.717, 1.165) is 25.2 Å². The number of pyridine rings is 1. The molecule has 1 aliphatic rings. The Morgan fingerprint density at radius 3 is 3.05 bits per heavy atom. The van der Waals surface area contributed by atoms with Gasteiger partial charge in [-0.05, 0) is 24.5 Å². The van der Waals surface area contributed by atoms with E-state index in [1.54, 1.807) is 6.20 Å². The van der Waals surface area contributed by atoms with Crippen molar-refractivity contribution in [2.75, 3.05) is 18.0 Å². The molecule has 2 atom stereocenters. The molecule has 1 fully saturated rings. The zero-order valence-electron chi connectivity index (χ0n) is 11.0. The first-order valence-electron chi connectivity index (χ1n) is 6.58. The fourth-order valence-corrected chi connectivity index (χ4v) is 2.29. The standard InChI is InChI=1S/C13H18N6/c1-9-5-7-19(8-10(9)14)13-16-12(17-18-13)11-4-2-3-6-15-11/h2-4,6,9-10H,5,7-8,14H2,1H3,(H,16,17,18). The van der Waals surface area contributed by atoms with Crippen LogP contribution in [0, 0.1) is 5.92 Å². The predicted molar refractivity (Wildman–Crippen MR) is 73.6 cm³/mol. The van der Waals surface area contributed by atoms with Gasteiger partial charge in [0.05, 0.1) is 0 Å². The lowest BCUT2D eigenvalue weighted by Crippen LogP contribution is -2.48. The first-order chi connectivity index (χ1) is 9.24. The number of nitrogens with one attached hydrogen (secondary N) is 1. The minimum Gasteiger partial charge on any atom is -0.338 e. The highest BCUT2D eigenvalue weighted by molar-refractivity contribution is 5.50. The van der Waals surface area contributed by atoms with Gasteiger partial charge in [-0.1, -0.05) is 13.0 Å². The molecule has 1 aliphatic heterocycles. The number of anilines is 1. The van der Waals surface area contributed by atoms with Gasteiger partial charge in [0.25, 0.3) is 0 Å². The SMILES string of the molecule is CC1CCN(c2n[nH]c(-c3ccccn3)n2)CC1N. The molecule has 3 rings (SSSR count). The third kappa shape index (κ3) is 2.44. The molecule has 3 heterocycles. The molecular formula is C13H18N6. The second kappa shape index (κ2) is 4.97. The van der Waals surface area contributed by atoms with Crippen LogP contribution in [-0.4, -0.2) is 39.3 Å². The molecule has 1 saturated heterocycles. The molecule has 0 radical (unpaired) electrons. The van der Waals surface area contributed by atoms with Crippen molar-refractivity contribution in [3.63, 3.8) is 0 Å². The van der Waals surface area contributed by atoms with Gasteiger partial charge < -0.3 is 10.6 Å². The van der Waals surface area contributed by atoms with Crippen molar-refractivity contribution in [2.24, 2.45) is 11.7 Å². The molecule has 6 nitrogen and oxygen atoms in total. The third-order valence-corrected chi connectivity index (χ3v) is 3.68. The summed E-state index contributed by atoms with van der Waals surface area (Å²) in [5.41, 5.74) is 6.91. The number of hydrogen-bond acceptors (Lipinski definition) is 5. The van der Waals surface area contributed by atoms with Crippen LogP contribution in [0.3, 0.4) is 0 Å². The van der Waals surface area contributed by atoms with E-state index in [4.69, 9.17) is 5.73 Å². The van der Waals surface area contributed by atoms with E-state index in [2.05, 4.69) is 32.0 Å². The van der Waals surface area contributed by atoms with Gasteiger partial charge in [-0.15, -0.1) is 5.10 Å². The average Bonchev–Trinajstić information content (AvgIpc) is 2.93. The second-order valence-corrected chi connectivity index (χ2v) is 5.07. The van der Waals surface area contributed by atoms with Crippen LogP contribution in [0.15, 0.2) is 24.4 Å². The third-order valence-electron chi connectivity index (χ3n) is 3.68. The molecule has 0 aliphatic carbocycles. The molecule has 0 saturated carbocycles. The average molecular weight is 258 g/mol. The van der Waals surface area contributed by atoms with Crippen LogP contribution in [0.1, 0.15) is 13.3 Å². The van der Waals surface area contributed by atoms with E-state index in [9.17, 15) is 0 Å². The minimum atomic E-state index is 0.186. The maximum absolute atomic E-state index is 6.10. The number of aromatic amines is 1. The van der Waals surface area contributed by atoms with Gasteiger partial charge in [-0.2, -0.15) is 4.98 Å².